The molecule has 0 radical (unpaired) electrons. The third kappa shape index (κ3) is 4.47. The molecule has 1 atom stereocenters. The van der Waals surface area contributed by atoms with E-state index < -0.39 is 23.7 Å². The van der Waals surface area contributed by atoms with Gasteiger partial charge in [0.25, 0.3) is 11.8 Å². The SMILES string of the molecule is CC(Oc1ccc(F)cc1)C(=O)NNC(=O)c1ccc(-c2nc3ccccc3s2)s1. The quantitative estimate of drug-likeness (QED) is 0.450. The van der Waals surface area contributed by atoms with Crippen molar-refractivity contribution in [2.75, 3.05) is 0 Å². The van der Waals surface area contributed by atoms with E-state index in [1.807, 2.05) is 30.3 Å². The number of amides is 2. The van der Waals surface area contributed by atoms with E-state index in [4.69, 9.17) is 4.74 Å². The second kappa shape index (κ2) is 8.60. The molecule has 152 valence electrons. The van der Waals surface area contributed by atoms with Crippen LogP contribution in [0.5, 0.6) is 5.75 Å². The van der Waals surface area contributed by atoms with Crippen LogP contribution in [0.1, 0.15) is 16.6 Å². The maximum atomic E-state index is 12.9. The first-order valence-electron chi connectivity index (χ1n) is 8.98. The highest BCUT2D eigenvalue weighted by atomic mass is 32.1. The number of carbonyl (C=O) groups excluding carboxylic acids is 2. The first kappa shape index (κ1) is 20.0. The zero-order chi connectivity index (χ0) is 21.1. The second-order valence-corrected chi connectivity index (χ2v) is 8.42. The minimum Gasteiger partial charge on any atom is -0.481 e. The topological polar surface area (TPSA) is 80.3 Å². The lowest BCUT2D eigenvalue weighted by Crippen LogP contribution is -2.47. The van der Waals surface area contributed by atoms with Crippen molar-refractivity contribution in [3.63, 3.8) is 0 Å². The average Bonchev–Trinajstić information content (AvgIpc) is 3.40. The molecule has 0 aliphatic carbocycles. The smallest absolute Gasteiger partial charge is 0.279 e. The number of aromatic nitrogens is 1. The monoisotopic (exact) mass is 441 g/mol. The van der Waals surface area contributed by atoms with Crippen molar-refractivity contribution >= 4 is 44.7 Å². The van der Waals surface area contributed by atoms with Crippen LogP contribution >= 0.6 is 22.7 Å². The summed E-state index contributed by atoms with van der Waals surface area (Å²) in [6, 6.07) is 16.7. The number of fused-ring (bicyclic) bond motifs is 1. The Morgan fingerprint density at radius 1 is 1.00 bits per heavy atom. The van der Waals surface area contributed by atoms with Gasteiger partial charge in [-0.3, -0.25) is 20.4 Å². The number of hydrogen-bond donors (Lipinski definition) is 2. The van der Waals surface area contributed by atoms with Crippen molar-refractivity contribution in [2.24, 2.45) is 0 Å². The largest absolute Gasteiger partial charge is 0.481 e. The van der Waals surface area contributed by atoms with E-state index in [0.29, 0.717) is 10.6 Å². The molecule has 6 nitrogen and oxygen atoms in total. The number of ether oxygens (including phenoxy) is 1. The molecule has 0 saturated heterocycles. The molecule has 1 unspecified atom stereocenters. The Morgan fingerprint density at radius 3 is 2.53 bits per heavy atom. The van der Waals surface area contributed by atoms with Crippen molar-refractivity contribution < 1.29 is 18.7 Å². The standard InChI is InChI=1S/C21H16FN3O3S2/c1-12(28-14-8-6-13(22)7-9-14)19(26)24-25-20(27)17-10-11-18(29-17)21-23-15-4-2-3-5-16(15)30-21/h2-12H,1H3,(H,24,26)(H,25,27). The lowest BCUT2D eigenvalue weighted by atomic mass is 10.3. The first-order chi connectivity index (χ1) is 14.5. The normalized spacial score (nSPS) is 11.8. The first-order valence-corrected chi connectivity index (χ1v) is 10.6. The minimum absolute atomic E-state index is 0.351. The summed E-state index contributed by atoms with van der Waals surface area (Å²) >= 11 is 2.85. The molecule has 9 heteroatoms. The lowest BCUT2D eigenvalue weighted by molar-refractivity contribution is -0.128. The fourth-order valence-electron chi connectivity index (χ4n) is 2.60. The molecule has 30 heavy (non-hydrogen) atoms. The van der Waals surface area contributed by atoms with E-state index in [-0.39, 0.29) is 0 Å². The fourth-order valence-corrected chi connectivity index (χ4v) is 4.53. The number of carbonyl (C=O) groups is 2. The van der Waals surface area contributed by atoms with Crippen molar-refractivity contribution in [3.05, 3.63) is 71.4 Å². The summed E-state index contributed by atoms with van der Waals surface area (Å²) in [5.74, 6) is -1.01. The Kier molecular flexibility index (Phi) is 5.73. The molecule has 2 heterocycles. The number of hydrazine groups is 1. The van der Waals surface area contributed by atoms with E-state index in [2.05, 4.69) is 15.8 Å². The molecule has 2 amide bonds. The van der Waals surface area contributed by atoms with E-state index >= 15 is 0 Å². The van der Waals surface area contributed by atoms with Crippen molar-refractivity contribution in [1.82, 2.24) is 15.8 Å². The van der Waals surface area contributed by atoms with Gasteiger partial charge in [0.1, 0.15) is 16.6 Å². The number of rotatable bonds is 5. The maximum Gasteiger partial charge on any atom is 0.279 e. The number of thiazole rings is 1. The molecule has 2 aromatic carbocycles. The highest BCUT2D eigenvalue weighted by Gasteiger charge is 2.17. The fraction of sp³-hybridized carbons (Fsp3) is 0.0952. The molecule has 0 spiro atoms. The van der Waals surface area contributed by atoms with Crippen molar-refractivity contribution in [3.8, 4) is 15.6 Å². The molecule has 0 aliphatic heterocycles. The summed E-state index contributed by atoms with van der Waals surface area (Å²) in [5, 5.41) is 0.839. The van der Waals surface area contributed by atoms with Crippen LogP contribution in [0.4, 0.5) is 4.39 Å². The highest BCUT2D eigenvalue weighted by Crippen LogP contribution is 2.34. The van der Waals surface area contributed by atoms with Gasteiger partial charge in [-0.2, -0.15) is 0 Å². The van der Waals surface area contributed by atoms with Crippen LogP contribution in [0.2, 0.25) is 0 Å². The van der Waals surface area contributed by atoms with Gasteiger partial charge in [-0.25, -0.2) is 9.37 Å². The van der Waals surface area contributed by atoms with Gasteiger partial charge in [0.15, 0.2) is 6.10 Å². The van der Waals surface area contributed by atoms with Gasteiger partial charge in [0, 0.05) is 0 Å². The molecule has 4 rings (SSSR count). The van der Waals surface area contributed by atoms with Gasteiger partial charge in [0.2, 0.25) is 0 Å². The Hall–Kier alpha value is -3.30. The number of hydrogen-bond acceptors (Lipinski definition) is 6. The Morgan fingerprint density at radius 2 is 1.77 bits per heavy atom. The van der Waals surface area contributed by atoms with Gasteiger partial charge in [-0.15, -0.1) is 22.7 Å². The van der Waals surface area contributed by atoms with Crippen LogP contribution in [0.15, 0.2) is 60.7 Å². The predicted molar refractivity (Wildman–Crippen MR) is 115 cm³/mol. The van der Waals surface area contributed by atoms with Gasteiger partial charge < -0.3 is 4.74 Å². The molecule has 0 bridgehead atoms. The summed E-state index contributed by atoms with van der Waals surface area (Å²) < 4.78 is 19.4. The lowest BCUT2D eigenvalue weighted by Gasteiger charge is -2.14. The van der Waals surface area contributed by atoms with E-state index in [0.717, 1.165) is 20.1 Å². The number of para-hydroxylation sites is 1. The van der Waals surface area contributed by atoms with Gasteiger partial charge in [-0.1, -0.05) is 12.1 Å². The van der Waals surface area contributed by atoms with Gasteiger partial charge in [0.05, 0.1) is 20.0 Å². The Labute approximate surface area is 179 Å². The highest BCUT2D eigenvalue weighted by molar-refractivity contribution is 7.26. The molecule has 2 N–H and O–H groups in total. The van der Waals surface area contributed by atoms with E-state index in [1.165, 1.54) is 42.5 Å². The molecule has 0 aliphatic rings. The second-order valence-electron chi connectivity index (χ2n) is 6.31. The summed E-state index contributed by atoms with van der Waals surface area (Å²) in [7, 11) is 0. The Balaban J connectivity index is 1.35. The molecule has 2 aromatic heterocycles. The van der Waals surface area contributed by atoms with Crippen LogP contribution in [0, 0.1) is 5.82 Å². The molecule has 0 saturated carbocycles. The average molecular weight is 442 g/mol. The third-order valence-corrected chi connectivity index (χ3v) is 6.42. The van der Waals surface area contributed by atoms with Gasteiger partial charge >= 0.3 is 0 Å². The minimum atomic E-state index is -0.877. The van der Waals surface area contributed by atoms with E-state index in [1.54, 1.807) is 17.4 Å². The summed E-state index contributed by atoms with van der Waals surface area (Å²) in [6.45, 7) is 1.53. The molecular weight excluding hydrogens is 425 g/mol. The predicted octanol–water partition coefficient (Wildman–Crippen LogP) is 4.39. The number of nitrogens with zero attached hydrogens (tertiary/aromatic N) is 1. The van der Waals surface area contributed by atoms with Crippen molar-refractivity contribution in [2.45, 2.75) is 13.0 Å². The third-order valence-electron chi connectivity index (χ3n) is 4.13. The maximum absolute atomic E-state index is 12.9. The van der Waals surface area contributed by atoms with Crippen LogP contribution in [0.3, 0.4) is 0 Å². The molecule has 0 fully saturated rings. The summed E-state index contributed by atoms with van der Waals surface area (Å²) in [6.07, 6.45) is -0.877. The zero-order valence-electron chi connectivity index (χ0n) is 15.7. The summed E-state index contributed by atoms with van der Waals surface area (Å²) in [4.78, 5) is 30.4. The number of benzene rings is 2. The zero-order valence-corrected chi connectivity index (χ0v) is 17.4. The number of nitrogens with one attached hydrogen (secondary N) is 2. The van der Waals surface area contributed by atoms with Crippen LogP contribution in [0.25, 0.3) is 20.1 Å². The molecular formula is C21H16FN3O3S2. The number of thiophene rings is 1. The summed E-state index contributed by atoms with van der Waals surface area (Å²) in [5.41, 5.74) is 5.64. The van der Waals surface area contributed by atoms with Crippen LogP contribution in [-0.2, 0) is 4.79 Å². The van der Waals surface area contributed by atoms with Crippen LogP contribution in [-0.4, -0.2) is 22.9 Å². The van der Waals surface area contributed by atoms with Crippen molar-refractivity contribution in [1.29, 1.82) is 0 Å². The van der Waals surface area contributed by atoms with E-state index in [9.17, 15) is 14.0 Å². The van der Waals surface area contributed by atoms with Crippen LogP contribution < -0.4 is 15.6 Å². The Bertz CT molecular complexity index is 1170. The molecule has 4 aromatic rings. The number of halogens is 1. The van der Waals surface area contributed by atoms with Gasteiger partial charge in [-0.05, 0) is 55.5 Å².